The molecule has 0 saturated carbocycles. The number of benzene rings is 3. The predicted molar refractivity (Wildman–Crippen MR) is 155 cm³/mol. The second-order valence-electron chi connectivity index (χ2n) is 8.70. The molecule has 2 heterocycles. The van der Waals surface area contributed by atoms with Crippen molar-refractivity contribution in [2.45, 2.75) is 31.7 Å². The lowest BCUT2D eigenvalue weighted by molar-refractivity contribution is 0.273. The van der Waals surface area contributed by atoms with Crippen LogP contribution >= 0.6 is 24.2 Å². The monoisotopic (exact) mass is 579 g/mol. The molecule has 40 heavy (non-hydrogen) atoms. The average Bonchev–Trinajstić information content (AvgIpc) is 3.65. The maximum Gasteiger partial charge on any atom is 0.214 e. The molecular formula is C27H30ClN9O2S. The Morgan fingerprint density at radius 1 is 0.850 bits per heavy atom. The van der Waals surface area contributed by atoms with E-state index in [4.69, 9.17) is 9.47 Å². The van der Waals surface area contributed by atoms with E-state index >= 15 is 0 Å². The molecule has 0 spiro atoms. The van der Waals surface area contributed by atoms with Crippen molar-refractivity contribution in [1.29, 1.82) is 0 Å². The van der Waals surface area contributed by atoms with Crippen molar-refractivity contribution < 1.29 is 9.47 Å². The number of aryl methyl sites for hydroxylation is 1. The van der Waals surface area contributed by atoms with Gasteiger partial charge in [-0.2, -0.15) is 9.36 Å². The number of ether oxygens (including phenoxy) is 2. The van der Waals surface area contributed by atoms with Gasteiger partial charge in [0.25, 0.3) is 0 Å². The standard InChI is InChI=1S/C27H29N9O2S.ClH/c1-20-9-12-23(13-10-20)35-26(29-31-33-35)19-38-24-14-11-21(17-25(24)37-2)18-28-15-6-16-39-27-30-32-34-36(27)22-7-4-3-5-8-22;/h3-5,7-14,17,28H,6,15-16,18-19H2,1-2H3;1H. The highest BCUT2D eigenvalue weighted by Crippen LogP contribution is 2.29. The molecule has 0 saturated heterocycles. The molecule has 0 aliphatic carbocycles. The zero-order chi connectivity index (χ0) is 26.9. The van der Waals surface area contributed by atoms with Crippen molar-refractivity contribution in [1.82, 2.24) is 45.7 Å². The lowest BCUT2D eigenvalue weighted by Gasteiger charge is -2.13. The normalized spacial score (nSPS) is 10.8. The Kier molecular flexibility index (Phi) is 10.4. The van der Waals surface area contributed by atoms with E-state index in [0.29, 0.717) is 23.9 Å². The van der Waals surface area contributed by atoms with E-state index in [9.17, 15) is 0 Å². The molecule has 208 valence electrons. The fourth-order valence-electron chi connectivity index (χ4n) is 3.86. The van der Waals surface area contributed by atoms with Gasteiger partial charge in [0.1, 0.15) is 0 Å². The number of rotatable bonds is 13. The summed E-state index contributed by atoms with van der Waals surface area (Å²) in [5.74, 6) is 2.79. The molecule has 0 amide bonds. The average molecular weight is 580 g/mol. The van der Waals surface area contributed by atoms with E-state index < -0.39 is 0 Å². The minimum Gasteiger partial charge on any atom is -0.493 e. The summed E-state index contributed by atoms with van der Waals surface area (Å²) >= 11 is 1.64. The summed E-state index contributed by atoms with van der Waals surface area (Å²) in [6.07, 6.45) is 0.973. The van der Waals surface area contributed by atoms with E-state index in [-0.39, 0.29) is 19.0 Å². The number of halogens is 1. The third-order valence-electron chi connectivity index (χ3n) is 5.90. The molecule has 1 N–H and O–H groups in total. The van der Waals surface area contributed by atoms with Gasteiger partial charge in [-0.25, -0.2) is 0 Å². The summed E-state index contributed by atoms with van der Waals surface area (Å²) in [6, 6.07) is 23.8. The fourth-order valence-corrected chi connectivity index (χ4v) is 4.69. The van der Waals surface area contributed by atoms with Gasteiger partial charge in [-0.1, -0.05) is 53.7 Å². The first kappa shape index (κ1) is 29.0. The Morgan fingerprint density at radius 3 is 2.40 bits per heavy atom. The molecule has 0 aliphatic rings. The van der Waals surface area contributed by atoms with E-state index in [1.165, 1.54) is 5.56 Å². The van der Waals surface area contributed by atoms with E-state index in [1.54, 1.807) is 28.2 Å². The molecule has 0 unspecified atom stereocenters. The summed E-state index contributed by atoms with van der Waals surface area (Å²) in [6.45, 7) is 3.83. The van der Waals surface area contributed by atoms with Gasteiger partial charge in [-0.05, 0) is 82.7 Å². The smallest absolute Gasteiger partial charge is 0.214 e. The Morgan fingerprint density at radius 2 is 1.60 bits per heavy atom. The lowest BCUT2D eigenvalue weighted by Crippen LogP contribution is -2.15. The first-order valence-electron chi connectivity index (χ1n) is 12.5. The fraction of sp³-hybridized carbons (Fsp3) is 0.259. The maximum absolute atomic E-state index is 6.02. The van der Waals surface area contributed by atoms with Gasteiger partial charge in [-0.15, -0.1) is 22.6 Å². The van der Waals surface area contributed by atoms with Crippen LogP contribution in [0.15, 0.2) is 78.0 Å². The number of tetrazole rings is 2. The molecule has 13 heteroatoms. The first-order chi connectivity index (χ1) is 19.2. The van der Waals surface area contributed by atoms with Crippen LogP contribution < -0.4 is 14.8 Å². The number of thioether (sulfide) groups is 1. The lowest BCUT2D eigenvalue weighted by atomic mass is 10.2. The maximum atomic E-state index is 6.02. The summed E-state index contributed by atoms with van der Waals surface area (Å²) < 4.78 is 15.0. The topological polar surface area (TPSA) is 118 Å². The molecule has 0 atom stereocenters. The molecular weight excluding hydrogens is 550 g/mol. The van der Waals surface area contributed by atoms with Crippen LogP contribution in [0, 0.1) is 6.92 Å². The second-order valence-corrected chi connectivity index (χ2v) is 9.77. The highest BCUT2D eigenvalue weighted by Gasteiger charge is 2.12. The predicted octanol–water partition coefficient (Wildman–Crippen LogP) is 4.23. The Labute approximate surface area is 242 Å². The van der Waals surface area contributed by atoms with Gasteiger partial charge in [0, 0.05) is 12.3 Å². The highest BCUT2D eigenvalue weighted by atomic mass is 35.5. The third kappa shape index (κ3) is 7.34. The van der Waals surface area contributed by atoms with Crippen molar-refractivity contribution in [2.75, 3.05) is 19.4 Å². The van der Waals surface area contributed by atoms with Crippen molar-refractivity contribution >= 4 is 24.2 Å². The minimum absolute atomic E-state index is 0. The van der Waals surface area contributed by atoms with Crippen LogP contribution in [0.3, 0.4) is 0 Å². The third-order valence-corrected chi connectivity index (χ3v) is 6.90. The Hall–Kier alpha value is -4.00. The molecule has 0 radical (unpaired) electrons. The number of hydrogen-bond donors (Lipinski definition) is 1. The number of methoxy groups -OCH3 is 1. The van der Waals surface area contributed by atoms with Crippen LogP contribution in [0.2, 0.25) is 0 Å². The number of aromatic nitrogens is 8. The van der Waals surface area contributed by atoms with Crippen molar-refractivity contribution in [3.8, 4) is 22.9 Å². The number of para-hydroxylation sites is 1. The van der Waals surface area contributed by atoms with Gasteiger partial charge in [-0.3, -0.25) is 0 Å². The Bertz CT molecular complexity index is 1480. The number of nitrogens with one attached hydrogen (secondary N) is 1. The van der Waals surface area contributed by atoms with E-state index in [1.807, 2.05) is 79.7 Å². The van der Waals surface area contributed by atoms with Gasteiger partial charge in [0.15, 0.2) is 23.9 Å². The minimum atomic E-state index is 0. The zero-order valence-corrected chi connectivity index (χ0v) is 23.8. The molecule has 5 rings (SSSR count). The molecule has 3 aromatic carbocycles. The van der Waals surface area contributed by atoms with Crippen LogP contribution in [0.1, 0.15) is 23.4 Å². The van der Waals surface area contributed by atoms with Crippen LogP contribution in [-0.4, -0.2) is 59.8 Å². The first-order valence-corrected chi connectivity index (χ1v) is 13.5. The molecule has 0 bridgehead atoms. The van der Waals surface area contributed by atoms with Gasteiger partial charge in [0.05, 0.1) is 18.5 Å². The molecule has 11 nitrogen and oxygen atoms in total. The highest BCUT2D eigenvalue weighted by molar-refractivity contribution is 7.99. The van der Waals surface area contributed by atoms with Crippen molar-refractivity contribution in [2.24, 2.45) is 0 Å². The quantitative estimate of drug-likeness (QED) is 0.160. The molecule has 0 aliphatic heterocycles. The SMILES string of the molecule is COc1cc(CNCCCSc2nnnn2-c2ccccc2)ccc1OCc1nnnn1-c1ccc(C)cc1.Cl. The molecule has 5 aromatic rings. The molecule has 2 aromatic heterocycles. The Balaban J connectivity index is 0.00000370. The van der Waals surface area contributed by atoms with Gasteiger partial charge >= 0.3 is 0 Å². The van der Waals surface area contributed by atoms with E-state index in [2.05, 4.69) is 36.4 Å². The van der Waals surface area contributed by atoms with Gasteiger partial charge < -0.3 is 14.8 Å². The van der Waals surface area contributed by atoms with Crippen LogP contribution in [-0.2, 0) is 13.2 Å². The summed E-state index contributed by atoms with van der Waals surface area (Å²) in [5, 5.41) is 28.4. The summed E-state index contributed by atoms with van der Waals surface area (Å²) in [4.78, 5) is 0. The van der Waals surface area contributed by atoms with E-state index in [0.717, 1.165) is 40.8 Å². The van der Waals surface area contributed by atoms with Crippen molar-refractivity contribution in [3.63, 3.8) is 0 Å². The summed E-state index contributed by atoms with van der Waals surface area (Å²) in [5.41, 5.74) is 4.11. The van der Waals surface area contributed by atoms with Crippen molar-refractivity contribution in [3.05, 3.63) is 89.7 Å². The number of nitrogens with zero attached hydrogens (tertiary/aromatic N) is 8. The number of hydrogen-bond acceptors (Lipinski definition) is 10. The zero-order valence-electron chi connectivity index (χ0n) is 22.2. The molecule has 0 fully saturated rings. The van der Waals surface area contributed by atoms with Crippen LogP contribution in [0.25, 0.3) is 11.4 Å². The van der Waals surface area contributed by atoms with Crippen LogP contribution in [0.4, 0.5) is 0 Å². The van der Waals surface area contributed by atoms with Crippen LogP contribution in [0.5, 0.6) is 11.5 Å². The summed E-state index contributed by atoms with van der Waals surface area (Å²) in [7, 11) is 1.63. The second kappa shape index (κ2) is 14.4. The van der Waals surface area contributed by atoms with Gasteiger partial charge in [0.2, 0.25) is 5.16 Å². The largest absolute Gasteiger partial charge is 0.493 e.